The van der Waals surface area contributed by atoms with Gasteiger partial charge in [-0.3, -0.25) is 9.59 Å². The van der Waals surface area contributed by atoms with E-state index in [9.17, 15) is 27.2 Å². The van der Waals surface area contributed by atoms with Crippen molar-refractivity contribution in [3.8, 4) is 0 Å². The van der Waals surface area contributed by atoms with Crippen LogP contribution in [0.25, 0.3) is 0 Å². The fourth-order valence-electron chi connectivity index (χ4n) is 3.21. The molecule has 1 aliphatic carbocycles. The molecule has 1 amide bonds. The smallest absolute Gasteiger partial charge is 0.392 e. The largest absolute Gasteiger partial charge is 0.481 e. The molecule has 3 atom stereocenters. The van der Waals surface area contributed by atoms with E-state index in [4.69, 9.17) is 28.3 Å². The predicted octanol–water partition coefficient (Wildman–Crippen LogP) is 6.11. The van der Waals surface area contributed by atoms with Crippen LogP contribution in [-0.2, 0) is 16.0 Å². The molecule has 0 fully saturated rings. The second-order valence-electron chi connectivity index (χ2n) is 7.02. The van der Waals surface area contributed by atoms with Crippen LogP contribution in [0.4, 0.5) is 23.2 Å². The van der Waals surface area contributed by atoms with Crippen LogP contribution in [0.15, 0.2) is 41.2 Å². The zero-order valence-electron chi connectivity index (χ0n) is 15.8. The molecule has 1 aliphatic rings. The summed E-state index contributed by atoms with van der Waals surface area (Å²) in [7, 11) is 0. The molecule has 0 aromatic heterocycles. The van der Waals surface area contributed by atoms with Crippen LogP contribution in [0.1, 0.15) is 25.3 Å². The van der Waals surface area contributed by atoms with Gasteiger partial charge in [-0.25, -0.2) is 4.39 Å². The van der Waals surface area contributed by atoms with E-state index in [-0.39, 0.29) is 35.0 Å². The van der Waals surface area contributed by atoms with Gasteiger partial charge < -0.3 is 10.4 Å². The zero-order valence-corrected chi connectivity index (χ0v) is 17.3. The number of aliphatic carboxylic acids is 1. The van der Waals surface area contributed by atoms with Crippen LogP contribution in [-0.4, -0.2) is 23.2 Å². The third-order valence-electron chi connectivity index (χ3n) is 4.89. The Balaban J connectivity index is 2.31. The van der Waals surface area contributed by atoms with Crippen molar-refractivity contribution in [2.75, 3.05) is 5.32 Å². The molecule has 0 radical (unpaired) electrons. The molecule has 0 saturated heterocycles. The van der Waals surface area contributed by atoms with Crippen molar-refractivity contribution in [3.63, 3.8) is 0 Å². The first-order valence-electron chi connectivity index (χ1n) is 9.01. The van der Waals surface area contributed by atoms with Crippen molar-refractivity contribution < 1.29 is 32.3 Å². The molecule has 4 nitrogen and oxygen atoms in total. The molecule has 0 spiro atoms. The highest BCUT2D eigenvalue weighted by molar-refractivity contribution is 6.33. The third-order valence-corrected chi connectivity index (χ3v) is 5.56. The molecule has 164 valence electrons. The van der Waals surface area contributed by atoms with Crippen molar-refractivity contribution in [3.05, 3.63) is 51.8 Å². The first-order chi connectivity index (χ1) is 13.9. The van der Waals surface area contributed by atoms with Crippen LogP contribution in [0, 0.1) is 17.8 Å². The topological polar surface area (TPSA) is 66.4 Å². The number of carbonyl (C=O) groups excluding carboxylic acids is 1. The number of benzene rings is 1. The highest BCUT2D eigenvalue weighted by atomic mass is 35.5. The number of carboxylic acid groups (broad SMARTS) is 1. The van der Waals surface area contributed by atoms with Gasteiger partial charge in [0.2, 0.25) is 5.91 Å². The van der Waals surface area contributed by atoms with Crippen molar-refractivity contribution in [1.29, 1.82) is 0 Å². The van der Waals surface area contributed by atoms with Crippen LogP contribution >= 0.6 is 23.2 Å². The van der Waals surface area contributed by atoms with E-state index in [0.29, 0.717) is 5.56 Å². The number of nitrogens with one attached hydrogen (secondary N) is 1. The van der Waals surface area contributed by atoms with Gasteiger partial charge in [-0.1, -0.05) is 42.3 Å². The number of amides is 1. The molecular weight excluding hydrogens is 449 g/mol. The molecule has 2 rings (SSSR count). The average Bonchev–Trinajstić information content (AvgIpc) is 2.64. The Hall–Kier alpha value is -2.06. The average molecular weight is 468 g/mol. The van der Waals surface area contributed by atoms with E-state index in [2.05, 4.69) is 5.32 Å². The van der Waals surface area contributed by atoms with Crippen LogP contribution in [0.3, 0.4) is 0 Å². The predicted molar refractivity (Wildman–Crippen MR) is 106 cm³/mol. The minimum absolute atomic E-state index is 0.0306. The second-order valence-corrected chi connectivity index (χ2v) is 7.83. The van der Waals surface area contributed by atoms with Gasteiger partial charge in [-0.15, -0.1) is 0 Å². The molecule has 0 aliphatic heterocycles. The number of halogens is 6. The van der Waals surface area contributed by atoms with Gasteiger partial charge in [-0.05, 0) is 42.5 Å². The lowest BCUT2D eigenvalue weighted by Crippen LogP contribution is -2.40. The summed E-state index contributed by atoms with van der Waals surface area (Å²) in [6, 6.07) is 4.38. The Kier molecular flexibility index (Phi) is 7.93. The lowest BCUT2D eigenvalue weighted by molar-refractivity contribution is -0.188. The molecule has 0 bridgehead atoms. The molecule has 1 aromatic carbocycles. The van der Waals surface area contributed by atoms with E-state index in [0.717, 1.165) is 13.0 Å². The second kappa shape index (κ2) is 9.83. The van der Waals surface area contributed by atoms with Crippen molar-refractivity contribution in [1.82, 2.24) is 0 Å². The summed E-state index contributed by atoms with van der Waals surface area (Å²) < 4.78 is 54.2. The van der Waals surface area contributed by atoms with Gasteiger partial charge in [0.1, 0.15) is 5.83 Å². The monoisotopic (exact) mass is 467 g/mol. The summed E-state index contributed by atoms with van der Waals surface area (Å²) >= 11 is 11.7. The lowest BCUT2D eigenvalue weighted by atomic mass is 9.78. The number of carboxylic acids is 1. The van der Waals surface area contributed by atoms with E-state index in [1.807, 2.05) is 0 Å². The fourth-order valence-corrected chi connectivity index (χ4v) is 3.53. The Morgan fingerprint density at radius 1 is 1.30 bits per heavy atom. The van der Waals surface area contributed by atoms with Crippen molar-refractivity contribution >= 4 is 40.8 Å². The number of aryl methyl sites for hydroxylation is 1. The summed E-state index contributed by atoms with van der Waals surface area (Å²) in [6.07, 6.45) is -2.56. The highest BCUT2D eigenvalue weighted by Gasteiger charge is 2.47. The van der Waals surface area contributed by atoms with Crippen LogP contribution in [0.5, 0.6) is 0 Å². The summed E-state index contributed by atoms with van der Waals surface area (Å²) in [4.78, 5) is 23.6. The molecular formula is C20H19Cl2F4NO3. The molecule has 10 heteroatoms. The molecule has 1 unspecified atom stereocenters. The molecule has 1 aromatic rings. The van der Waals surface area contributed by atoms with Gasteiger partial charge in [0.15, 0.2) is 0 Å². The number of rotatable bonds is 7. The number of anilines is 1. The first-order valence-corrected chi connectivity index (χ1v) is 9.77. The van der Waals surface area contributed by atoms with Gasteiger partial charge >= 0.3 is 12.1 Å². The first kappa shape index (κ1) is 24.2. The van der Waals surface area contributed by atoms with Gasteiger partial charge in [-0.2, -0.15) is 13.2 Å². The minimum Gasteiger partial charge on any atom is -0.481 e. The Morgan fingerprint density at radius 2 is 1.97 bits per heavy atom. The summed E-state index contributed by atoms with van der Waals surface area (Å²) in [5, 5.41) is 11.0. The summed E-state index contributed by atoms with van der Waals surface area (Å²) in [6.45, 7) is 0.862. The summed E-state index contributed by atoms with van der Waals surface area (Å²) in [5.41, 5.74) is 0.591. The van der Waals surface area contributed by atoms with Gasteiger partial charge in [0.05, 0.1) is 27.6 Å². The number of hydrogen-bond donors (Lipinski definition) is 2. The van der Waals surface area contributed by atoms with Gasteiger partial charge in [0, 0.05) is 6.42 Å². The van der Waals surface area contributed by atoms with Gasteiger partial charge in [0.25, 0.3) is 0 Å². The van der Waals surface area contributed by atoms with Crippen molar-refractivity contribution in [2.24, 2.45) is 17.8 Å². The maximum absolute atomic E-state index is 13.9. The Labute approximate surface area is 180 Å². The molecule has 0 saturated carbocycles. The normalized spacial score (nSPS) is 18.8. The van der Waals surface area contributed by atoms with Crippen LogP contribution < -0.4 is 5.32 Å². The number of hydrogen-bond acceptors (Lipinski definition) is 2. The van der Waals surface area contributed by atoms with Crippen LogP contribution in [0.2, 0.25) is 5.02 Å². The molecule has 30 heavy (non-hydrogen) atoms. The minimum atomic E-state index is -4.69. The summed E-state index contributed by atoms with van der Waals surface area (Å²) in [5.74, 6) is -7.63. The standard InChI is InChI=1S/C20H19Cl2F4NO3/c1-10(20(24,25)26)18(12-4-6-13(21)15(23)9-12)19(30)27-16-8-11(2-5-14(16)22)3-7-17(28)29/h2,5-6,8-10,12,18H,3-4,7H2,1H3,(H,27,30)(H,28,29)/t10-,12?,18+/m1/s1. The molecule has 2 N–H and O–H groups in total. The van der Waals surface area contributed by atoms with E-state index >= 15 is 0 Å². The number of alkyl halides is 3. The number of allylic oxidation sites excluding steroid dienone is 4. The fraction of sp³-hybridized carbons (Fsp3) is 0.400. The maximum Gasteiger partial charge on any atom is 0.392 e. The SMILES string of the molecule is C[C@H]([C@H](C(=O)Nc1cc(CCC(=O)O)ccc1Cl)C1C=C(F)C(Cl)=CC1)C(F)(F)F. The van der Waals surface area contributed by atoms with E-state index in [1.54, 1.807) is 6.07 Å². The number of carbonyl (C=O) groups is 2. The lowest BCUT2D eigenvalue weighted by Gasteiger charge is -2.31. The van der Waals surface area contributed by atoms with E-state index in [1.165, 1.54) is 18.2 Å². The zero-order chi connectivity index (χ0) is 22.6. The van der Waals surface area contributed by atoms with E-state index < -0.39 is 41.6 Å². The Bertz CT molecular complexity index is 883. The molecule has 0 heterocycles. The maximum atomic E-state index is 13.9. The highest BCUT2D eigenvalue weighted by Crippen LogP contribution is 2.41. The quantitative estimate of drug-likeness (QED) is 0.475. The van der Waals surface area contributed by atoms with Crippen molar-refractivity contribution in [2.45, 2.75) is 32.4 Å². The third kappa shape index (κ3) is 6.22. The Morgan fingerprint density at radius 3 is 2.53 bits per heavy atom.